The van der Waals surface area contributed by atoms with Crippen LogP contribution in [0, 0.1) is 0 Å². The average Bonchev–Trinajstić information content (AvgIpc) is 2.80. The first kappa shape index (κ1) is 12.4. The molecule has 0 saturated carbocycles. The van der Waals surface area contributed by atoms with Crippen LogP contribution in [0.25, 0.3) is 0 Å². The molecule has 0 aliphatic heterocycles. The van der Waals surface area contributed by atoms with Crippen molar-refractivity contribution in [2.45, 2.75) is 12.7 Å². The lowest BCUT2D eigenvalue weighted by atomic mass is 10.2. The lowest BCUT2D eigenvalue weighted by Crippen LogP contribution is -2.20. The van der Waals surface area contributed by atoms with Gasteiger partial charge in [0.25, 0.3) is 0 Å². The fraction of sp³-hybridized carbons (Fsp3) is 0.273. The van der Waals surface area contributed by atoms with Crippen molar-refractivity contribution in [1.82, 2.24) is 14.8 Å². The van der Waals surface area contributed by atoms with Crippen molar-refractivity contribution in [3.63, 3.8) is 0 Å². The molecule has 0 spiro atoms. The zero-order valence-electron chi connectivity index (χ0n) is 9.26. The van der Waals surface area contributed by atoms with Crippen molar-refractivity contribution < 1.29 is 17.9 Å². The Balaban J connectivity index is 2.10. The fourth-order valence-electron chi connectivity index (χ4n) is 1.42. The predicted molar refractivity (Wildman–Crippen MR) is 57.1 cm³/mol. The number of aromatic nitrogens is 3. The Morgan fingerprint density at radius 3 is 2.67 bits per heavy atom. The highest BCUT2D eigenvalue weighted by Gasteiger charge is 2.28. The van der Waals surface area contributed by atoms with Gasteiger partial charge in [-0.15, -0.1) is 0 Å². The Morgan fingerprint density at radius 1 is 1.22 bits per heavy atom. The minimum Gasteiger partial charge on any atom is -0.484 e. The lowest BCUT2D eigenvalue weighted by Gasteiger charge is -2.12. The van der Waals surface area contributed by atoms with E-state index >= 15 is 0 Å². The average molecular weight is 257 g/mol. The van der Waals surface area contributed by atoms with Gasteiger partial charge in [0, 0.05) is 5.56 Å². The summed E-state index contributed by atoms with van der Waals surface area (Å²) in [5.41, 5.74) is 0.618. The molecule has 1 aromatic heterocycles. The number of halogens is 3. The fourth-order valence-corrected chi connectivity index (χ4v) is 1.42. The molecule has 1 heterocycles. The number of ether oxygens (including phenoxy) is 1. The molecular formula is C11H10F3N3O. The molecule has 4 nitrogen and oxygen atoms in total. The van der Waals surface area contributed by atoms with Crippen molar-refractivity contribution in [1.29, 1.82) is 0 Å². The summed E-state index contributed by atoms with van der Waals surface area (Å²) >= 11 is 0. The van der Waals surface area contributed by atoms with Crippen LogP contribution in [0.15, 0.2) is 36.9 Å². The summed E-state index contributed by atoms with van der Waals surface area (Å²) < 4.78 is 42.6. The molecule has 0 fully saturated rings. The summed E-state index contributed by atoms with van der Waals surface area (Å²) in [7, 11) is 0. The molecule has 18 heavy (non-hydrogen) atoms. The van der Waals surface area contributed by atoms with E-state index in [1.165, 1.54) is 23.4 Å². The van der Waals surface area contributed by atoms with E-state index in [1.807, 2.05) is 0 Å². The normalized spacial score (nSPS) is 11.5. The summed E-state index contributed by atoms with van der Waals surface area (Å²) in [5.74, 6) is 0.199. The van der Waals surface area contributed by atoms with Crippen LogP contribution in [0.5, 0.6) is 5.75 Å². The molecule has 0 atom stereocenters. The third kappa shape index (κ3) is 3.47. The van der Waals surface area contributed by atoms with Gasteiger partial charge in [-0.1, -0.05) is 18.2 Å². The van der Waals surface area contributed by atoms with Gasteiger partial charge in [-0.2, -0.15) is 18.3 Å². The maximum absolute atomic E-state index is 12.1. The molecule has 0 unspecified atom stereocenters. The number of benzene rings is 1. The molecule has 0 N–H and O–H groups in total. The number of rotatable bonds is 4. The Hall–Kier alpha value is -2.05. The topological polar surface area (TPSA) is 39.9 Å². The highest BCUT2D eigenvalue weighted by atomic mass is 19.4. The Labute approximate surface area is 101 Å². The molecule has 96 valence electrons. The second-order valence-electron chi connectivity index (χ2n) is 3.60. The summed E-state index contributed by atoms with van der Waals surface area (Å²) in [4.78, 5) is 3.76. The van der Waals surface area contributed by atoms with Crippen LogP contribution in [-0.4, -0.2) is 27.5 Å². The van der Waals surface area contributed by atoms with E-state index in [9.17, 15) is 13.2 Å². The SMILES string of the molecule is FC(F)(F)COc1ccccc1Cn1cncn1. The molecule has 0 radical (unpaired) electrons. The van der Waals surface area contributed by atoms with E-state index in [-0.39, 0.29) is 5.75 Å². The minimum atomic E-state index is -4.35. The standard InChI is InChI=1S/C11H10F3N3O/c12-11(13,14)6-18-10-4-2-1-3-9(10)5-17-8-15-7-16-17/h1-4,7-8H,5-6H2. The Morgan fingerprint density at radius 2 is 2.00 bits per heavy atom. The molecular weight excluding hydrogens is 247 g/mol. The third-order valence-corrected chi connectivity index (χ3v) is 2.16. The van der Waals surface area contributed by atoms with E-state index in [1.54, 1.807) is 18.2 Å². The first-order valence-corrected chi connectivity index (χ1v) is 5.14. The van der Waals surface area contributed by atoms with Crippen LogP contribution < -0.4 is 4.74 Å². The Kier molecular flexibility index (Phi) is 3.50. The zero-order chi connectivity index (χ0) is 13.0. The summed E-state index contributed by atoms with van der Waals surface area (Å²) in [6, 6.07) is 6.54. The van der Waals surface area contributed by atoms with Crippen LogP contribution in [0.3, 0.4) is 0 Å². The molecule has 0 aliphatic carbocycles. The molecule has 7 heteroatoms. The van der Waals surface area contributed by atoms with Gasteiger partial charge < -0.3 is 4.74 Å². The lowest BCUT2D eigenvalue weighted by molar-refractivity contribution is -0.153. The number of hydrogen-bond acceptors (Lipinski definition) is 3. The van der Waals surface area contributed by atoms with Gasteiger partial charge in [0.2, 0.25) is 0 Å². The smallest absolute Gasteiger partial charge is 0.422 e. The highest BCUT2D eigenvalue weighted by Crippen LogP contribution is 2.22. The van der Waals surface area contributed by atoms with Gasteiger partial charge in [-0.05, 0) is 6.07 Å². The van der Waals surface area contributed by atoms with E-state index in [4.69, 9.17) is 4.74 Å². The van der Waals surface area contributed by atoms with Crippen LogP contribution >= 0.6 is 0 Å². The monoisotopic (exact) mass is 257 g/mol. The molecule has 0 amide bonds. The second kappa shape index (κ2) is 5.07. The minimum absolute atomic E-state index is 0.199. The van der Waals surface area contributed by atoms with Crippen molar-refractivity contribution in [2.24, 2.45) is 0 Å². The third-order valence-electron chi connectivity index (χ3n) is 2.16. The molecule has 0 bridgehead atoms. The quantitative estimate of drug-likeness (QED) is 0.843. The van der Waals surface area contributed by atoms with Gasteiger partial charge >= 0.3 is 6.18 Å². The zero-order valence-corrected chi connectivity index (χ0v) is 9.26. The van der Waals surface area contributed by atoms with E-state index in [0.717, 1.165) is 0 Å². The van der Waals surface area contributed by atoms with Crippen molar-refractivity contribution in [2.75, 3.05) is 6.61 Å². The van der Waals surface area contributed by atoms with Gasteiger partial charge in [-0.25, -0.2) is 9.67 Å². The van der Waals surface area contributed by atoms with Crippen molar-refractivity contribution >= 4 is 0 Å². The first-order chi connectivity index (χ1) is 8.54. The number of alkyl halides is 3. The number of nitrogens with zero attached hydrogens (tertiary/aromatic N) is 3. The van der Waals surface area contributed by atoms with Crippen LogP contribution in [0.4, 0.5) is 13.2 Å². The van der Waals surface area contributed by atoms with Gasteiger partial charge in [0.1, 0.15) is 18.4 Å². The first-order valence-electron chi connectivity index (χ1n) is 5.14. The highest BCUT2D eigenvalue weighted by molar-refractivity contribution is 5.33. The second-order valence-corrected chi connectivity index (χ2v) is 3.60. The summed E-state index contributed by atoms with van der Waals surface area (Å²) in [6.07, 6.45) is -1.50. The molecule has 2 rings (SSSR count). The Bertz CT molecular complexity index is 496. The molecule has 1 aromatic carbocycles. The number of para-hydroxylation sites is 1. The predicted octanol–water partition coefficient (Wildman–Crippen LogP) is 2.27. The van der Waals surface area contributed by atoms with Crippen molar-refractivity contribution in [3.8, 4) is 5.75 Å². The summed E-state index contributed by atoms with van der Waals surface area (Å²) in [6.45, 7) is -0.991. The van der Waals surface area contributed by atoms with Crippen LogP contribution in [-0.2, 0) is 6.54 Å². The van der Waals surface area contributed by atoms with Crippen molar-refractivity contribution in [3.05, 3.63) is 42.5 Å². The van der Waals surface area contributed by atoms with Gasteiger partial charge in [-0.3, -0.25) is 0 Å². The maximum atomic E-state index is 12.1. The van der Waals surface area contributed by atoms with Crippen LogP contribution in [0.1, 0.15) is 5.56 Å². The number of hydrogen-bond donors (Lipinski definition) is 0. The largest absolute Gasteiger partial charge is 0.484 e. The molecule has 0 saturated heterocycles. The maximum Gasteiger partial charge on any atom is 0.422 e. The van der Waals surface area contributed by atoms with E-state index in [2.05, 4.69) is 10.1 Å². The molecule has 0 aliphatic rings. The van der Waals surface area contributed by atoms with Gasteiger partial charge in [0.05, 0.1) is 6.54 Å². The van der Waals surface area contributed by atoms with E-state index < -0.39 is 12.8 Å². The molecule has 2 aromatic rings. The van der Waals surface area contributed by atoms with Crippen LogP contribution in [0.2, 0.25) is 0 Å². The van der Waals surface area contributed by atoms with Gasteiger partial charge in [0.15, 0.2) is 6.61 Å². The summed E-state index contributed by atoms with van der Waals surface area (Å²) in [5, 5.41) is 3.89. The van der Waals surface area contributed by atoms with E-state index in [0.29, 0.717) is 12.1 Å².